The summed E-state index contributed by atoms with van der Waals surface area (Å²) in [6.07, 6.45) is 1.72. The van der Waals surface area contributed by atoms with Gasteiger partial charge in [0, 0.05) is 38.8 Å². The molecule has 3 atom stereocenters. The number of rotatable bonds is 6. The van der Waals surface area contributed by atoms with Crippen LogP contribution in [0, 0.1) is 5.92 Å². The van der Waals surface area contributed by atoms with Crippen molar-refractivity contribution in [3.63, 3.8) is 0 Å². The Morgan fingerprint density at radius 3 is 2.29 bits per heavy atom. The number of morpholine rings is 1. The zero-order chi connectivity index (χ0) is 22.8. The summed E-state index contributed by atoms with van der Waals surface area (Å²) in [6.45, 7) is 10.3. The van der Waals surface area contributed by atoms with Crippen molar-refractivity contribution >= 4 is 27.5 Å². The molecule has 1 aromatic rings. The lowest BCUT2D eigenvalue weighted by Crippen LogP contribution is -2.55. The number of hydrogen-bond donors (Lipinski definition) is 1. The fourth-order valence-corrected chi connectivity index (χ4v) is 5.46. The number of benzene rings is 1. The number of nitrogens with one attached hydrogen (secondary N) is 1. The standard InChI is InChI=1S/C22H34N4O4S/c1-15(2)21(26-13-16(3)30-17(4)14-26)22(27)23-18-8-10-19(11-9-18)31(28,29)24-20-7-6-12-25(20)5/h8-11,15-17,21H,6-7,12-14H2,1-5H3,(H,23,27)/b24-20-. The van der Waals surface area contributed by atoms with Crippen LogP contribution in [0.3, 0.4) is 0 Å². The van der Waals surface area contributed by atoms with Crippen LogP contribution in [0.5, 0.6) is 0 Å². The van der Waals surface area contributed by atoms with E-state index in [4.69, 9.17) is 4.74 Å². The van der Waals surface area contributed by atoms with Gasteiger partial charge < -0.3 is 15.0 Å². The number of carbonyl (C=O) groups is 1. The van der Waals surface area contributed by atoms with Crippen LogP contribution in [0.25, 0.3) is 0 Å². The van der Waals surface area contributed by atoms with E-state index in [0.717, 1.165) is 13.0 Å². The van der Waals surface area contributed by atoms with Gasteiger partial charge in [-0.3, -0.25) is 9.69 Å². The van der Waals surface area contributed by atoms with Crippen molar-refractivity contribution in [2.45, 2.75) is 63.7 Å². The second-order valence-electron chi connectivity index (χ2n) is 8.92. The molecule has 2 fully saturated rings. The van der Waals surface area contributed by atoms with Crippen LogP contribution in [0.15, 0.2) is 33.6 Å². The van der Waals surface area contributed by atoms with Gasteiger partial charge in [-0.05, 0) is 50.5 Å². The number of sulfonamides is 1. The number of nitrogens with zero attached hydrogens (tertiary/aromatic N) is 3. The molecule has 1 aromatic carbocycles. The molecule has 0 saturated carbocycles. The van der Waals surface area contributed by atoms with Gasteiger partial charge in [-0.2, -0.15) is 8.42 Å². The Hall–Kier alpha value is -1.97. The highest BCUT2D eigenvalue weighted by Gasteiger charge is 2.34. The zero-order valence-electron chi connectivity index (χ0n) is 19.0. The molecule has 31 heavy (non-hydrogen) atoms. The Labute approximate surface area is 185 Å². The summed E-state index contributed by atoms with van der Waals surface area (Å²) in [5, 5.41) is 2.95. The SMILES string of the molecule is CC1CN(C(C(=O)Nc2ccc(S(=O)(=O)/N=C3/CCCN3C)cc2)C(C)C)CC(C)O1. The van der Waals surface area contributed by atoms with E-state index < -0.39 is 10.0 Å². The summed E-state index contributed by atoms with van der Waals surface area (Å²) >= 11 is 0. The molecule has 9 heteroatoms. The average molecular weight is 451 g/mol. The Morgan fingerprint density at radius 1 is 1.16 bits per heavy atom. The van der Waals surface area contributed by atoms with Crippen LogP contribution < -0.4 is 5.32 Å². The molecular formula is C22H34N4O4S. The van der Waals surface area contributed by atoms with Gasteiger partial charge in [-0.1, -0.05) is 13.8 Å². The van der Waals surface area contributed by atoms with Gasteiger partial charge in [0.1, 0.15) is 5.84 Å². The van der Waals surface area contributed by atoms with Gasteiger partial charge >= 0.3 is 0 Å². The molecule has 2 aliphatic rings. The number of carbonyl (C=O) groups excluding carboxylic acids is 1. The van der Waals surface area contributed by atoms with E-state index >= 15 is 0 Å². The highest BCUT2D eigenvalue weighted by atomic mass is 32.2. The second kappa shape index (κ2) is 9.67. The van der Waals surface area contributed by atoms with E-state index in [0.29, 0.717) is 31.0 Å². The van der Waals surface area contributed by atoms with Crippen LogP contribution in [0.1, 0.15) is 40.5 Å². The first kappa shape index (κ1) is 23.7. The molecule has 0 aliphatic carbocycles. The number of amidine groups is 1. The molecule has 2 aliphatic heterocycles. The zero-order valence-corrected chi connectivity index (χ0v) is 19.9. The predicted octanol–water partition coefficient (Wildman–Crippen LogP) is 2.57. The van der Waals surface area contributed by atoms with E-state index in [1.54, 1.807) is 12.1 Å². The molecule has 1 amide bonds. The van der Waals surface area contributed by atoms with E-state index in [9.17, 15) is 13.2 Å². The number of ether oxygens (including phenoxy) is 1. The van der Waals surface area contributed by atoms with Crippen molar-refractivity contribution in [1.82, 2.24) is 9.80 Å². The van der Waals surface area contributed by atoms with Crippen molar-refractivity contribution in [2.24, 2.45) is 10.3 Å². The van der Waals surface area contributed by atoms with Gasteiger partial charge in [0.25, 0.3) is 10.0 Å². The lowest BCUT2D eigenvalue weighted by atomic mass is 9.99. The van der Waals surface area contributed by atoms with E-state index in [-0.39, 0.29) is 35.0 Å². The predicted molar refractivity (Wildman–Crippen MR) is 122 cm³/mol. The normalized spacial score (nSPS) is 25.2. The molecule has 0 radical (unpaired) electrons. The van der Waals surface area contributed by atoms with Crippen LogP contribution in [0.2, 0.25) is 0 Å². The minimum Gasteiger partial charge on any atom is -0.373 e. The first-order valence-corrected chi connectivity index (χ1v) is 12.4. The second-order valence-corrected chi connectivity index (χ2v) is 10.5. The molecule has 1 N–H and O–H groups in total. The summed E-state index contributed by atoms with van der Waals surface area (Å²) in [7, 11) is -1.92. The largest absolute Gasteiger partial charge is 0.373 e. The topological polar surface area (TPSA) is 91.3 Å². The van der Waals surface area contributed by atoms with Crippen molar-refractivity contribution < 1.29 is 17.9 Å². The molecule has 2 saturated heterocycles. The maximum atomic E-state index is 13.1. The van der Waals surface area contributed by atoms with Gasteiger partial charge in [0.2, 0.25) is 5.91 Å². The maximum Gasteiger partial charge on any atom is 0.283 e. The van der Waals surface area contributed by atoms with Crippen LogP contribution in [0.4, 0.5) is 5.69 Å². The van der Waals surface area contributed by atoms with E-state index in [2.05, 4.69) is 14.6 Å². The number of amides is 1. The molecule has 3 rings (SSSR count). The lowest BCUT2D eigenvalue weighted by molar-refractivity contribution is -0.130. The molecule has 0 spiro atoms. The lowest BCUT2D eigenvalue weighted by Gasteiger charge is -2.41. The molecule has 0 bridgehead atoms. The number of hydrogen-bond acceptors (Lipinski definition) is 5. The summed E-state index contributed by atoms with van der Waals surface area (Å²) < 4.78 is 35.0. The summed E-state index contributed by atoms with van der Waals surface area (Å²) in [5.74, 6) is 0.613. The van der Waals surface area contributed by atoms with E-state index in [1.807, 2.05) is 39.6 Å². The molecule has 3 unspecified atom stereocenters. The number of anilines is 1. The van der Waals surface area contributed by atoms with Crippen molar-refractivity contribution in [2.75, 3.05) is 32.0 Å². The van der Waals surface area contributed by atoms with Crippen molar-refractivity contribution in [3.8, 4) is 0 Å². The average Bonchev–Trinajstić information content (AvgIpc) is 3.05. The summed E-state index contributed by atoms with van der Waals surface area (Å²) in [5.41, 5.74) is 0.564. The first-order chi connectivity index (χ1) is 14.6. The van der Waals surface area contributed by atoms with Gasteiger partial charge in [0.05, 0.1) is 23.1 Å². The third kappa shape index (κ3) is 5.84. The van der Waals surface area contributed by atoms with Crippen molar-refractivity contribution in [3.05, 3.63) is 24.3 Å². The van der Waals surface area contributed by atoms with Gasteiger partial charge in [-0.25, -0.2) is 0 Å². The smallest absolute Gasteiger partial charge is 0.283 e. The fraction of sp³-hybridized carbons (Fsp3) is 0.636. The summed E-state index contributed by atoms with van der Waals surface area (Å²) in [6, 6.07) is 5.93. The molecule has 172 valence electrons. The van der Waals surface area contributed by atoms with Crippen LogP contribution in [-0.2, 0) is 19.6 Å². The molecule has 2 heterocycles. The monoisotopic (exact) mass is 450 g/mol. The minimum atomic E-state index is -3.77. The first-order valence-electron chi connectivity index (χ1n) is 10.9. The highest BCUT2D eigenvalue weighted by Crippen LogP contribution is 2.22. The van der Waals surface area contributed by atoms with E-state index in [1.165, 1.54) is 12.1 Å². The Balaban J connectivity index is 1.71. The fourth-order valence-electron chi connectivity index (χ4n) is 4.36. The number of likely N-dealkylation sites (tertiary alicyclic amines) is 1. The molecular weight excluding hydrogens is 416 g/mol. The molecule has 0 aromatic heterocycles. The Kier molecular flexibility index (Phi) is 7.39. The highest BCUT2D eigenvalue weighted by molar-refractivity contribution is 7.90. The minimum absolute atomic E-state index is 0.0721. The quantitative estimate of drug-likeness (QED) is 0.716. The Bertz CT molecular complexity index is 904. The van der Waals surface area contributed by atoms with Gasteiger partial charge in [-0.15, -0.1) is 4.40 Å². The summed E-state index contributed by atoms with van der Waals surface area (Å²) in [4.78, 5) is 17.2. The third-order valence-corrected chi connectivity index (χ3v) is 7.04. The Morgan fingerprint density at radius 2 is 1.77 bits per heavy atom. The third-order valence-electron chi connectivity index (χ3n) is 5.72. The molecule has 8 nitrogen and oxygen atoms in total. The van der Waals surface area contributed by atoms with Crippen LogP contribution in [-0.4, -0.2) is 74.9 Å². The maximum absolute atomic E-state index is 13.1. The van der Waals surface area contributed by atoms with Crippen molar-refractivity contribution in [1.29, 1.82) is 0 Å². The van der Waals surface area contributed by atoms with Gasteiger partial charge in [0.15, 0.2) is 0 Å². The van der Waals surface area contributed by atoms with Crippen LogP contribution >= 0.6 is 0 Å².